The number of nitrogens with zero attached hydrogens (tertiary/aromatic N) is 5. The number of aromatic nitrogens is 4. The van der Waals surface area contributed by atoms with E-state index in [0.717, 1.165) is 10.9 Å². The van der Waals surface area contributed by atoms with Crippen LogP contribution >= 0.6 is 23.2 Å². The molecule has 5 rings (SSSR count). The summed E-state index contributed by atoms with van der Waals surface area (Å²) in [5.41, 5.74) is 8.01. The fourth-order valence-electron chi connectivity index (χ4n) is 5.31. The second kappa shape index (κ2) is 10.4. The molecular formula is C28H29Cl2N7O3. The molecule has 1 saturated heterocycles. The molecule has 1 aliphatic heterocycles. The maximum atomic E-state index is 10.2. The van der Waals surface area contributed by atoms with E-state index in [1.807, 2.05) is 17.9 Å². The molecule has 0 saturated carbocycles. The zero-order valence-corrected chi connectivity index (χ0v) is 24.0. The first kappa shape index (κ1) is 27.9. The number of H-pyrrole nitrogens is 1. The van der Waals surface area contributed by atoms with Crippen molar-refractivity contribution >= 4 is 39.9 Å². The third-order valence-electron chi connectivity index (χ3n) is 6.80. The van der Waals surface area contributed by atoms with Crippen LogP contribution in [0.1, 0.15) is 44.4 Å². The van der Waals surface area contributed by atoms with Crippen LogP contribution in [0.3, 0.4) is 0 Å². The van der Waals surface area contributed by atoms with Crippen molar-refractivity contribution in [1.82, 2.24) is 20.2 Å². The van der Waals surface area contributed by atoms with E-state index >= 15 is 0 Å². The van der Waals surface area contributed by atoms with Crippen molar-refractivity contribution in [1.29, 1.82) is 5.26 Å². The molecule has 1 atom stereocenters. The summed E-state index contributed by atoms with van der Waals surface area (Å²) in [4.78, 5) is 10.6. The highest BCUT2D eigenvalue weighted by Gasteiger charge is 2.44. The maximum Gasteiger partial charge on any atom is 0.162 e. The van der Waals surface area contributed by atoms with E-state index in [-0.39, 0.29) is 0 Å². The molecule has 0 amide bonds. The minimum Gasteiger partial charge on any atom is -0.493 e. The van der Waals surface area contributed by atoms with Gasteiger partial charge in [-0.25, -0.2) is 4.98 Å². The Morgan fingerprint density at radius 3 is 2.52 bits per heavy atom. The van der Waals surface area contributed by atoms with Gasteiger partial charge in [0.2, 0.25) is 0 Å². The number of aliphatic hydroxyl groups is 1. The highest BCUT2D eigenvalue weighted by atomic mass is 35.5. The molecule has 208 valence electrons. The third kappa shape index (κ3) is 5.38. The summed E-state index contributed by atoms with van der Waals surface area (Å²) >= 11 is 12.7. The molecule has 1 aromatic carbocycles. The molecule has 4 aromatic rings. The quantitative estimate of drug-likeness (QED) is 0.260. The number of methoxy groups -OCH3 is 1. The molecule has 4 N–H and O–H groups in total. The second-order valence-electron chi connectivity index (χ2n) is 10.8. The van der Waals surface area contributed by atoms with Gasteiger partial charge in [0.15, 0.2) is 11.5 Å². The summed E-state index contributed by atoms with van der Waals surface area (Å²) in [7, 11) is 1.55. The van der Waals surface area contributed by atoms with E-state index in [1.54, 1.807) is 39.3 Å². The zero-order chi connectivity index (χ0) is 28.8. The Morgan fingerprint density at radius 2 is 1.90 bits per heavy atom. The number of benzene rings is 1. The van der Waals surface area contributed by atoms with Crippen LogP contribution in [0.5, 0.6) is 11.5 Å². The van der Waals surface area contributed by atoms with E-state index in [2.05, 4.69) is 26.2 Å². The fraction of sp³-hybridized carbons (Fsp3) is 0.357. The number of hydrogen-bond donors (Lipinski definition) is 3. The molecule has 12 heteroatoms. The van der Waals surface area contributed by atoms with Gasteiger partial charge in [0.25, 0.3) is 0 Å². The number of nitriles is 1. The first-order chi connectivity index (χ1) is 18.9. The second-order valence-corrected chi connectivity index (χ2v) is 11.6. The van der Waals surface area contributed by atoms with Crippen molar-refractivity contribution in [3.8, 4) is 28.8 Å². The molecule has 0 unspecified atom stereocenters. The number of rotatable bonds is 8. The fourth-order valence-corrected chi connectivity index (χ4v) is 5.99. The van der Waals surface area contributed by atoms with Crippen LogP contribution in [-0.2, 0) is 0 Å². The average Bonchev–Trinajstić information content (AvgIpc) is 3.28. The Kier molecular flexibility index (Phi) is 7.27. The number of ether oxygens (including phenoxy) is 2. The van der Waals surface area contributed by atoms with Crippen molar-refractivity contribution in [3.63, 3.8) is 0 Å². The maximum absolute atomic E-state index is 10.2. The molecule has 0 spiro atoms. The summed E-state index contributed by atoms with van der Waals surface area (Å²) in [6.45, 7) is 6.30. The van der Waals surface area contributed by atoms with Crippen molar-refractivity contribution in [3.05, 3.63) is 58.0 Å². The molecule has 1 fully saturated rings. The number of nitrogens with two attached hydrogens (primary N) is 1. The van der Waals surface area contributed by atoms with Gasteiger partial charge < -0.3 is 25.2 Å². The Labute approximate surface area is 241 Å². The minimum atomic E-state index is -0.878. The van der Waals surface area contributed by atoms with Crippen LogP contribution in [0.25, 0.3) is 22.2 Å². The van der Waals surface area contributed by atoms with Gasteiger partial charge in [0.05, 0.1) is 39.4 Å². The van der Waals surface area contributed by atoms with E-state index < -0.39 is 17.2 Å². The van der Waals surface area contributed by atoms with Gasteiger partial charge in [0.1, 0.15) is 23.7 Å². The van der Waals surface area contributed by atoms with E-state index in [9.17, 15) is 10.4 Å². The number of fused-ring (bicyclic) bond motifs is 1. The molecule has 0 radical (unpaired) electrons. The molecule has 0 aliphatic carbocycles. The van der Waals surface area contributed by atoms with Gasteiger partial charge in [-0.3, -0.25) is 10.1 Å². The smallest absolute Gasteiger partial charge is 0.162 e. The number of anilines is 1. The summed E-state index contributed by atoms with van der Waals surface area (Å²) in [5, 5.41) is 29.2. The molecule has 0 bridgehead atoms. The molecule has 10 nitrogen and oxygen atoms in total. The van der Waals surface area contributed by atoms with E-state index in [4.69, 9.17) is 38.4 Å². The summed E-state index contributed by atoms with van der Waals surface area (Å²) in [6.07, 6.45) is 4.66. The molecular weight excluding hydrogens is 553 g/mol. The van der Waals surface area contributed by atoms with Crippen molar-refractivity contribution in [2.75, 3.05) is 25.1 Å². The highest BCUT2D eigenvalue weighted by molar-refractivity contribution is 6.35. The Balaban J connectivity index is 1.46. The molecule has 4 heterocycles. The zero-order valence-electron chi connectivity index (χ0n) is 22.5. The van der Waals surface area contributed by atoms with Crippen LogP contribution in [0.15, 0.2) is 36.8 Å². The lowest BCUT2D eigenvalue weighted by Gasteiger charge is -2.50. The third-order valence-corrected chi connectivity index (χ3v) is 7.41. The Bertz CT molecular complexity index is 1600. The normalized spacial score (nSPS) is 15.4. The number of hydrogen-bond acceptors (Lipinski definition) is 9. The van der Waals surface area contributed by atoms with Crippen LogP contribution in [0.4, 0.5) is 5.82 Å². The minimum absolute atomic E-state index is 0.397. The molecule has 40 heavy (non-hydrogen) atoms. The average molecular weight is 582 g/mol. The van der Waals surface area contributed by atoms with E-state index in [0.29, 0.717) is 69.3 Å². The lowest BCUT2D eigenvalue weighted by Crippen LogP contribution is -2.69. The lowest BCUT2D eigenvalue weighted by atomic mass is 9.81. The summed E-state index contributed by atoms with van der Waals surface area (Å²) in [6, 6.07) is 7.62. The Hall–Kier alpha value is -3.62. The predicted octanol–water partition coefficient (Wildman–Crippen LogP) is 5.03. The molecule has 1 aliphatic rings. The number of pyridine rings is 2. The van der Waals surface area contributed by atoms with Crippen LogP contribution in [-0.4, -0.2) is 56.6 Å². The van der Waals surface area contributed by atoms with E-state index in [1.165, 1.54) is 12.4 Å². The van der Waals surface area contributed by atoms with Crippen LogP contribution in [0.2, 0.25) is 10.0 Å². The summed E-state index contributed by atoms with van der Waals surface area (Å²) in [5.74, 6) is 1.51. The van der Waals surface area contributed by atoms with Gasteiger partial charge in [-0.15, -0.1) is 0 Å². The number of aromatic amines is 1. The van der Waals surface area contributed by atoms with Gasteiger partial charge >= 0.3 is 0 Å². The first-order valence-electron chi connectivity index (χ1n) is 12.6. The monoisotopic (exact) mass is 581 g/mol. The van der Waals surface area contributed by atoms with Crippen molar-refractivity contribution in [2.24, 2.45) is 5.73 Å². The predicted molar refractivity (Wildman–Crippen MR) is 154 cm³/mol. The number of nitrogens with one attached hydrogen (secondary N) is 1. The highest BCUT2D eigenvalue weighted by Crippen LogP contribution is 2.40. The van der Waals surface area contributed by atoms with Crippen molar-refractivity contribution < 1.29 is 14.6 Å². The van der Waals surface area contributed by atoms with Gasteiger partial charge in [0, 0.05) is 54.3 Å². The largest absolute Gasteiger partial charge is 0.493 e. The topological polar surface area (TPSA) is 146 Å². The van der Waals surface area contributed by atoms with Gasteiger partial charge in [-0.1, -0.05) is 23.2 Å². The Morgan fingerprint density at radius 1 is 1.20 bits per heavy atom. The van der Waals surface area contributed by atoms with Crippen LogP contribution < -0.4 is 20.1 Å². The van der Waals surface area contributed by atoms with Crippen LogP contribution in [0, 0.1) is 11.3 Å². The number of halogens is 2. The summed E-state index contributed by atoms with van der Waals surface area (Å²) < 4.78 is 11.8. The van der Waals surface area contributed by atoms with Gasteiger partial charge in [-0.2, -0.15) is 10.4 Å². The SMILES string of the molecule is COc1cc2[nH]nc(-c3cnc(N4CC(N)(CC(C)(C)O)C4)c(C#N)c3)c2cc1O[C@H](C)c1c(Cl)cncc1Cl. The first-order valence-corrected chi connectivity index (χ1v) is 13.4. The van der Waals surface area contributed by atoms with Gasteiger partial charge in [-0.05, 0) is 39.3 Å². The molecule has 3 aromatic heterocycles. The lowest BCUT2D eigenvalue weighted by molar-refractivity contribution is 0.0385. The van der Waals surface area contributed by atoms with Crippen molar-refractivity contribution in [2.45, 2.75) is 44.4 Å². The standard InChI is InChI=1S/C28H29Cl2N7O3/c1-15(24-19(29)10-33-11-20(24)30)40-23-6-18-21(7-22(23)39-4)35-36-25(18)17-5-16(8-31)26(34-9-17)37-13-28(32,14-37)12-27(2,3)38/h5-7,9-11,15,38H,12-14,32H2,1-4H3,(H,35,36)/t15-/m1/s1.